The Hall–Kier alpha value is -3.06. The SMILES string of the molecule is CC(C)(C)OC(=O)NCC(=O)NCc1ccc(NC(=O)CCc2ccccc2Cl)cc1. The predicted molar refractivity (Wildman–Crippen MR) is 121 cm³/mol. The molecule has 166 valence electrons. The van der Waals surface area contributed by atoms with Gasteiger partial charge in [-0.25, -0.2) is 4.79 Å². The summed E-state index contributed by atoms with van der Waals surface area (Å²) in [6.45, 7) is 5.37. The molecule has 0 aromatic heterocycles. The van der Waals surface area contributed by atoms with Crippen LogP contribution in [0.1, 0.15) is 38.3 Å². The Labute approximate surface area is 187 Å². The molecule has 0 aliphatic carbocycles. The highest BCUT2D eigenvalue weighted by Gasteiger charge is 2.16. The van der Waals surface area contributed by atoms with E-state index in [1.54, 1.807) is 39.0 Å². The molecule has 0 fully saturated rings. The van der Waals surface area contributed by atoms with Crippen molar-refractivity contribution in [3.05, 3.63) is 64.7 Å². The maximum atomic E-state index is 12.2. The number of ether oxygens (including phenoxy) is 1. The summed E-state index contributed by atoms with van der Waals surface area (Å²) >= 11 is 6.11. The Kier molecular flexibility index (Phi) is 8.88. The summed E-state index contributed by atoms with van der Waals surface area (Å²) in [5.74, 6) is -0.433. The number of hydrogen-bond donors (Lipinski definition) is 3. The topological polar surface area (TPSA) is 96.5 Å². The van der Waals surface area contributed by atoms with Gasteiger partial charge in [0.05, 0.1) is 0 Å². The van der Waals surface area contributed by atoms with E-state index >= 15 is 0 Å². The van der Waals surface area contributed by atoms with Crippen molar-refractivity contribution < 1.29 is 19.1 Å². The van der Waals surface area contributed by atoms with Crippen molar-refractivity contribution in [1.29, 1.82) is 0 Å². The van der Waals surface area contributed by atoms with Gasteiger partial charge in [-0.1, -0.05) is 41.9 Å². The first-order chi connectivity index (χ1) is 14.6. The molecule has 0 aliphatic rings. The number of benzene rings is 2. The molecule has 0 unspecified atom stereocenters. The average molecular weight is 446 g/mol. The minimum absolute atomic E-state index is 0.103. The van der Waals surface area contributed by atoms with Gasteiger partial charge in [0.15, 0.2) is 0 Å². The van der Waals surface area contributed by atoms with E-state index in [4.69, 9.17) is 16.3 Å². The van der Waals surface area contributed by atoms with E-state index in [0.717, 1.165) is 11.1 Å². The van der Waals surface area contributed by atoms with Gasteiger partial charge in [0.1, 0.15) is 12.1 Å². The molecule has 0 radical (unpaired) electrons. The van der Waals surface area contributed by atoms with Crippen molar-refractivity contribution in [2.24, 2.45) is 0 Å². The van der Waals surface area contributed by atoms with Gasteiger partial charge < -0.3 is 20.7 Å². The first-order valence-electron chi connectivity index (χ1n) is 9.98. The normalized spacial score (nSPS) is 10.8. The van der Waals surface area contributed by atoms with Gasteiger partial charge in [0, 0.05) is 23.7 Å². The van der Waals surface area contributed by atoms with Crippen molar-refractivity contribution >= 4 is 35.2 Å². The highest BCUT2D eigenvalue weighted by molar-refractivity contribution is 6.31. The van der Waals surface area contributed by atoms with Gasteiger partial charge in [-0.2, -0.15) is 0 Å². The van der Waals surface area contributed by atoms with E-state index < -0.39 is 11.7 Å². The Morgan fingerprint density at radius 2 is 1.61 bits per heavy atom. The molecule has 8 heteroatoms. The number of rotatable bonds is 8. The van der Waals surface area contributed by atoms with Gasteiger partial charge in [-0.3, -0.25) is 9.59 Å². The lowest BCUT2D eigenvalue weighted by Crippen LogP contribution is -2.39. The third kappa shape index (κ3) is 9.53. The summed E-state index contributed by atoms with van der Waals surface area (Å²) in [4.78, 5) is 35.6. The Morgan fingerprint density at radius 1 is 0.935 bits per heavy atom. The molecule has 0 heterocycles. The lowest BCUT2D eigenvalue weighted by Gasteiger charge is -2.19. The van der Waals surface area contributed by atoms with E-state index in [9.17, 15) is 14.4 Å². The van der Waals surface area contributed by atoms with E-state index in [1.165, 1.54) is 0 Å². The number of anilines is 1. The lowest BCUT2D eigenvalue weighted by molar-refractivity contribution is -0.120. The van der Waals surface area contributed by atoms with Crippen molar-refractivity contribution in [3.8, 4) is 0 Å². The molecule has 0 bridgehead atoms. The maximum Gasteiger partial charge on any atom is 0.408 e. The number of carbonyl (C=O) groups is 3. The van der Waals surface area contributed by atoms with Crippen LogP contribution < -0.4 is 16.0 Å². The third-order valence-corrected chi connectivity index (χ3v) is 4.47. The summed E-state index contributed by atoms with van der Waals surface area (Å²) in [5, 5.41) is 8.62. The van der Waals surface area contributed by atoms with Crippen LogP contribution in [0.3, 0.4) is 0 Å². The zero-order valence-corrected chi connectivity index (χ0v) is 18.7. The third-order valence-electron chi connectivity index (χ3n) is 4.10. The van der Waals surface area contributed by atoms with Crippen LogP contribution in [-0.4, -0.2) is 30.1 Å². The second-order valence-electron chi connectivity index (χ2n) is 7.97. The smallest absolute Gasteiger partial charge is 0.408 e. The standard InChI is InChI=1S/C23H28ClN3O4/c1-23(2,3)31-22(30)26-15-21(29)25-14-16-8-11-18(12-9-16)27-20(28)13-10-17-6-4-5-7-19(17)24/h4-9,11-12H,10,13-15H2,1-3H3,(H,25,29)(H,26,30)(H,27,28). The molecule has 0 spiro atoms. The van der Waals surface area contributed by atoms with Gasteiger partial charge in [0.25, 0.3) is 0 Å². The fraction of sp³-hybridized carbons (Fsp3) is 0.348. The van der Waals surface area contributed by atoms with Crippen LogP contribution in [0.5, 0.6) is 0 Å². The Bertz CT molecular complexity index is 908. The molecule has 0 saturated carbocycles. The van der Waals surface area contributed by atoms with Gasteiger partial charge >= 0.3 is 6.09 Å². The van der Waals surface area contributed by atoms with Crippen molar-refractivity contribution in [3.63, 3.8) is 0 Å². The molecule has 2 aromatic carbocycles. The number of hydrogen-bond acceptors (Lipinski definition) is 4. The summed E-state index contributed by atoms with van der Waals surface area (Å²) in [6, 6.07) is 14.6. The fourth-order valence-corrected chi connectivity index (χ4v) is 2.84. The van der Waals surface area contributed by atoms with Crippen LogP contribution in [0.2, 0.25) is 5.02 Å². The van der Waals surface area contributed by atoms with E-state index in [-0.39, 0.29) is 18.4 Å². The molecular formula is C23H28ClN3O4. The fourth-order valence-electron chi connectivity index (χ4n) is 2.61. The number of alkyl carbamates (subject to hydrolysis) is 1. The Morgan fingerprint density at radius 3 is 2.26 bits per heavy atom. The van der Waals surface area contributed by atoms with Gasteiger partial charge in [-0.05, 0) is 56.5 Å². The van der Waals surface area contributed by atoms with Crippen LogP contribution in [-0.2, 0) is 27.3 Å². The number of halogens is 1. The number of nitrogens with one attached hydrogen (secondary N) is 3. The largest absolute Gasteiger partial charge is 0.444 e. The first kappa shape index (κ1) is 24.2. The van der Waals surface area contributed by atoms with Gasteiger partial charge in [-0.15, -0.1) is 0 Å². The molecule has 3 amide bonds. The molecule has 7 nitrogen and oxygen atoms in total. The highest BCUT2D eigenvalue weighted by atomic mass is 35.5. The molecule has 31 heavy (non-hydrogen) atoms. The molecule has 0 aliphatic heterocycles. The average Bonchev–Trinajstić information content (AvgIpc) is 2.70. The van der Waals surface area contributed by atoms with Crippen LogP contribution in [0.15, 0.2) is 48.5 Å². The number of carbonyl (C=O) groups excluding carboxylic acids is 3. The molecule has 3 N–H and O–H groups in total. The lowest BCUT2D eigenvalue weighted by atomic mass is 10.1. The highest BCUT2D eigenvalue weighted by Crippen LogP contribution is 2.17. The van der Waals surface area contributed by atoms with E-state index in [2.05, 4.69) is 16.0 Å². The molecule has 2 rings (SSSR count). The second kappa shape index (κ2) is 11.4. The summed E-state index contributed by atoms with van der Waals surface area (Å²) < 4.78 is 5.07. The quantitative estimate of drug-likeness (QED) is 0.571. The summed E-state index contributed by atoms with van der Waals surface area (Å²) in [6.07, 6.45) is 0.247. The van der Waals surface area contributed by atoms with Crippen LogP contribution >= 0.6 is 11.6 Å². The summed E-state index contributed by atoms with van der Waals surface area (Å²) in [7, 11) is 0. The molecule has 0 atom stereocenters. The predicted octanol–water partition coefficient (Wildman–Crippen LogP) is 4.05. The van der Waals surface area contributed by atoms with Crippen LogP contribution in [0.25, 0.3) is 0 Å². The second-order valence-corrected chi connectivity index (χ2v) is 8.38. The zero-order valence-electron chi connectivity index (χ0n) is 18.0. The van der Waals surface area contributed by atoms with Crippen LogP contribution in [0.4, 0.5) is 10.5 Å². The number of aryl methyl sites for hydroxylation is 1. The minimum atomic E-state index is -0.641. The first-order valence-corrected chi connectivity index (χ1v) is 10.4. The Balaban J connectivity index is 1.71. The van der Waals surface area contributed by atoms with Crippen molar-refractivity contribution in [1.82, 2.24) is 10.6 Å². The zero-order chi connectivity index (χ0) is 22.9. The van der Waals surface area contributed by atoms with E-state index in [1.807, 2.05) is 30.3 Å². The van der Waals surface area contributed by atoms with Crippen molar-refractivity contribution in [2.45, 2.75) is 45.8 Å². The van der Waals surface area contributed by atoms with E-state index in [0.29, 0.717) is 30.1 Å². The van der Waals surface area contributed by atoms with Crippen molar-refractivity contribution in [2.75, 3.05) is 11.9 Å². The molecular weight excluding hydrogens is 418 g/mol. The minimum Gasteiger partial charge on any atom is -0.444 e. The maximum absolute atomic E-state index is 12.2. The molecule has 2 aromatic rings. The van der Waals surface area contributed by atoms with Gasteiger partial charge in [0.2, 0.25) is 11.8 Å². The monoisotopic (exact) mass is 445 g/mol. The van der Waals surface area contributed by atoms with Crippen LogP contribution in [0, 0.1) is 0 Å². The summed E-state index contributed by atoms with van der Waals surface area (Å²) in [5.41, 5.74) is 1.85. The molecule has 0 saturated heterocycles. The number of amides is 3.